The molecule has 2 atom stereocenters. The van der Waals surface area contributed by atoms with Crippen LogP contribution in [0.2, 0.25) is 0 Å². The summed E-state index contributed by atoms with van der Waals surface area (Å²) >= 11 is 0. The molecule has 3 aromatic carbocycles. The molecule has 48 heavy (non-hydrogen) atoms. The van der Waals surface area contributed by atoms with Gasteiger partial charge in [0.05, 0.1) is 25.6 Å². The number of rotatable bonds is 10. The normalized spacial score (nSPS) is 14.9. The number of carbonyl (C=O) groups excluding carboxylic acids is 5. The Hall–Kier alpha value is -6.63. The van der Waals surface area contributed by atoms with E-state index in [1.165, 1.54) is 42.8 Å². The molecule has 1 radical (unpaired) electrons. The molecule has 13 heteroatoms. The van der Waals surface area contributed by atoms with Crippen molar-refractivity contribution in [3.63, 3.8) is 0 Å². The molecule has 239 valence electrons. The Balaban J connectivity index is 1.34. The van der Waals surface area contributed by atoms with E-state index in [-0.39, 0.29) is 29.8 Å². The highest BCUT2D eigenvalue weighted by atomic mass is 16.4. The van der Waals surface area contributed by atoms with Crippen LogP contribution in [-0.4, -0.2) is 59.3 Å². The fraction of sp³-hybridized carbons (Fsp3) is 0.114. The first-order valence-electron chi connectivity index (χ1n) is 14.7. The number of furan rings is 1. The molecular formula is C35H26N5O8. The van der Waals surface area contributed by atoms with E-state index < -0.39 is 46.5 Å². The minimum atomic E-state index is -2.53. The van der Waals surface area contributed by atoms with Crippen molar-refractivity contribution in [3.8, 4) is 0 Å². The number of hydrogen-bond donors (Lipinski definition) is 2. The first-order chi connectivity index (χ1) is 23.3. The number of para-hydroxylation sites is 1. The second kappa shape index (κ2) is 13.4. The van der Waals surface area contributed by atoms with E-state index in [0.717, 1.165) is 9.91 Å². The van der Waals surface area contributed by atoms with Crippen LogP contribution in [0, 0.1) is 0 Å². The van der Waals surface area contributed by atoms with Crippen LogP contribution in [0.1, 0.15) is 33.3 Å². The maximum absolute atomic E-state index is 14.7. The van der Waals surface area contributed by atoms with Crippen molar-refractivity contribution in [2.75, 3.05) is 13.1 Å². The molecule has 2 aromatic heterocycles. The lowest BCUT2D eigenvalue weighted by Crippen LogP contribution is -2.58. The quantitative estimate of drug-likeness (QED) is 0.131. The summed E-state index contributed by atoms with van der Waals surface area (Å²) in [5.74, 6) is -1.71. The average molecular weight is 645 g/mol. The van der Waals surface area contributed by atoms with Gasteiger partial charge in [-0.2, -0.15) is 5.10 Å². The zero-order valence-electron chi connectivity index (χ0n) is 25.1. The summed E-state index contributed by atoms with van der Waals surface area (Å²) in [5, 5.41) is 10.5. The molecule has 1 fully saturated rings. The molecule has 2 N–H and O–H groups in total. The Kier molecular flexibility index (Phi) is 8.74. The van der Waals surface area contributed by atoms with Crippen LogP contribution in [-0.2, 0) is 15.1 Å². The maximum Gasteiger partial charge on any atom is 0.349 e. The van der Waals surface area contributed by atoms with Gasteiger partial charge in [-0.15, -0.1) is 0 Å². The molecule has 5 aromatic rings. The molecule has 1 saturated heterocycles. The van der Waals surface area contributed by atoms with Crippen LogP contribution in [0.5, 0.6) is 0 Å². The van der Waals surface area contributed by atoms with Gasteiger partial charge in [0.2, 0.25) is 6.29 Å². The molecule has 13 nitrogen and oxygen atoms in total. The van der Waals surface area contributed by atoms with Gasteiger partial charge >= 0.3 is 17.7 Å². The Labute approximate surface area is 272 Å². The van der Waals surface area contributed by atoms with E-state index in [9.17, 15) is 28.8 Å². The molecule has 0 aliphatic carbocycles. The lowest BCUT2D eigenvalue weighted by molar-refractivity contribution is -0.125. The summed E-state index contributed by atoms with van der Waals surface area (Å²) in [6, 6.07) is 23.4. The van der Waals surface area contributed by atoms with Crippen LogP contribution in [0.25, 0.3) is 11.0 Å². The number of benzene rings is 3. The van der Waals surface area contributed by atoms with Gasteiger partial charge in [0, 0.05) is 5.39 Å². The van der Waals surface area contributed by atoms with Gasteiger partial charge in [-0.1, -0.05) is 78.9 Å². The first-order valence-corrected chi connectivity index (χ1v) is 14.7. The number of ketones is 1. The first kappa shape index (κ1) is 31.4. The zero-order chi connectivity index (χ0) is 33.7. The van der Waals surface area contributed by atoms with Crippen LogP contribution in [0.15, 0.2) is 128 Å². The predicted molar refractivity (Wildman–Crippen MR) is 172 cm³/mol. The second-order valence-electron chi connectivity index (χ2n) is 10.6. The van der Waals surface area contributed by atoms with Gasteiger partial charge in [-0.3, -0.25) is 14.4 Å². The smallest absolute Gasteiger partial charge is 0.349 e. The Morgan fingerprint density at radius 2 is 1.60 bits per heavy atom. The second-order valence-corrected chi connectivity index (χ2v) is 10.6. The van der Waals surface area contributed by atoms with Gasteiger partial charge in [0.15, 0.2) is 11.3 Å². The van der Waals surface area contributed by atoms with Crippen molar-refractivity contribution in [2.45, 2.75) is 11.6 Å². The van der Waals surface area contributed by atoms with Gasteiger partial charge in [0.1, 0.15) is 22.9 Å². The number of amides is 5. The number of hydrazone groups is 1. The van der Waals surface area contributed by atoms with Crippen molar-refractivity contribution >= 4 is 47.2 Å². The maximum atomic E-state index is 14.7. The van der Waals surface area contributed by atoms with Crippen LogP contribution < -0.4 is 16.3 Å². The summed E-state index contributed by atoms with van der Waals surface area (Å²) < 4.78 is 10.5. The van der Waals surface area contributed by atoms with Crippen molar-refractivity contribution in [1.82, 2.24) is 20.5 Å². The van der Waals surface area contributed by atoms with Crippen molar-refractivity contribution < 1.29 is 32.8 Å². The number of Topliss-reactive ketones (excluding diaryl/α,β-unsaturated/α-hetero) is 1. The Morgan fingerprint density at radius 3 is 2.31 bits per heavy atom. The van der Waals surface area contributed by atoms with Crippen molar-refractivity contribution in [2.24, 2.45) is 5.10 Å². The van der Waals surface area contributed by atoms with E-state index >= 15 is 0 Å². The fourth-order valence-corrected chi connectivity index (χ4v) is 5.23. The van der Waals surface area contributed by atoms with Crippen molar-refractivity contribution in [3.05, 3.63) is 142 Å². The third kappa shape index (κ3) is 6.11. The number of imide groups is 1. The Bertz CT molecular complexity index is 2080. The van der Waals surface area contributed by atoms with Crippen LogP contribution in [0.4, 0.5) is 9.59 Å². The largest absolute Gasteiger partial charge is 0.463 e. The van der Waals surface area contributed by atoms with Crippen LogP contribution >= 0.6 is 0 Å². The number of fused-ring (bicyclic) bond motifs is 1. The van der Waals surface area contributed by atoms with Gasteiger partial charge in [-0.25, -0.2) is 24.3 Å². The molecular weight excluding hydrogens is 618 g/mol. The predicted octanol–water partition coefficient (Wildman–Crippen LogP) is 3.91. The van der Waals surface area contributed by atoms with Gasteiger partial charge in [-0.05, 0) is 35.4 Å². The molecule has 3 heterocycles. The summed E-state index contributed by atoms with van der Waals surface area (Å²) in [4.78, 5) is 81.8. The number of nitrogens with one attached hydrogen (secondary N) is 2. The van der Waals surface area contributed by atoms with E-state index in [0.29, 0.717) is 11.1 Å². The molecule has 1 aliphatic heterocycles. The molecule has 1 aliphatic rings. The molecule has 0 saturated carbocycles. The number of carbonyl (C=O) groups is 4. The fourth-order valence-electron chi connectivity index (χ4n) is 5.23. The molecule has 0 bridgehead atoms. The standard InChI is InChI=1S/C35H26N5O8/c41-22-35(25-13-5-2-6-14-25,38-31(43)27-20-24-12-7-8-16-28(24)48-32(27)44)30(42)29(23-10-3-1-4-11-23)37-33(45)39-17-18-40(34(39)46)36-21-26-15-9-19-47-26/h1-16,19-21,29H,17-18H2,(H,37,45)(H,38,43). The minimum absolute atomic E-state index is 0.00870. The summed E-state index contributed by atoms with van der Waals surface area (Å²) in [6.45, 7) is 0.00183. The molecule has 0 spiro atoms. The monoisotopic (exact) mass is 644 g/mol. The average Bonchev–Trinajstić information content (AvgIpc) is 3.78. The molecule has 5 amide bonds. The summed E-state index contributed by atoms with van der Waals surface area (Å²) in [7, 11) is 0. The molecule has 2 unspecified atom stereocenters. The lowest BCUT2D eigenvalue weighted by Gasteiger charge is -2.32. The summed E-state index contributed by atoms with van der Waals surface area (Å²) in [6.07, 6.45) is 4.46. The third-order valence-corrected chi connectivity index (χ3v) is 7.68. The number of hydrogen-bond acceptors (Lipinski definition) is 9. The number of nitrogens with zero attached hydrogens (tertiary/aromatic N) is 3. The van der Waals surface area contributed by atoms with Crippen LogP contribution in [0.3, 0.4) is 0 Å². The van der Waals surface area contributed by atoms with Crippen molar-refractivity contribution in [1.29, 1.82) is 0 Å². The highest BCUT2D eigenvalue weighted by Crippen LogP contribution is 2.29. The third-order valence-electron chi connectivity index (χ3n) is 7.68. The lowest BCUT2D eigenvalue weighted by atomic mass is 9.81. The Morgan fingerprint density at radius 1 is 0.896 bits per heavy atom. The number of urea groups is 2. The summed E-state index contributed by atoms with van der Waals surface area (Å²) in [5.41, 5.74) is -3.50. The highest BCUT2D eigenvalue weighted by molar-refractivity contribution is 6.12. The van der Waals surface area contributed by atoms with E-state index in [2.05, 4.69) is 15.7 Å². The van der Waals surface area contributed by atoms with Gasteiger partial charge in [0.25, 0.3) is 5.91 Å². The SMILES string of the molecule is O=[C]C(NC(=O)c1cc2ccccc2oc1=O)(C(=O)C(NC(=O)N1CCN(N=Cc2ccco2)C1=O)c1ccccc1)c1ccccc1. The topological polar surface area (TPSA) is 172 Å². The van der Waals surface area contributed by atoms with Gasteiger partial charge < -0.3 is 19.5 Å². The van der Waals surface area contributed by atoms with E-state index in [1.54, 1.807) is 79.1 Å². The minimum Gasteiger partial charge on any atom is -0.463 e. The molecule has 6 rings (SSSR count). The van der Waals surface area contributed by atoms with E-state index in [4.69, 9.17) is 8.83 Å². The highest BCUT2D eigenvalue weighted by Gasteiger charge is 2.48. The zero-order valence-corrected chi connectivity index (χ0v) is 25.1. The van der Waals surface area contributed by atoms with E-state index in [1.807, 2.05) is 0 Å².